The molecule has 0 amide bonds. The lowest BCUT2D eigenvalue weighted by Gasteiger charge is -2.27. The molecule has 1 atom stereocenters. The zero-order valence-corrected chi connectivity index (χ0v) is 22.1. The van der Waals surface area contributed by atoms with Crippen molar-refractivity contribution in [2.24, 2.45) is 5.41 Å². The Hall–Kier alpha value is -3.34. The maximum Gasteiger partial charge on any atom is 0.169 e. The number of fused-ring (bicyclic) bond motifs is 1. The largest absolute Gasteiger partial charge is 0.453 e. The number of hydrogen-bond acceptors (Lipinski definition) is 4. The third kappa shape index (κ3) is 5.89. The fourth-order valence-corrected chi connectivity index (χ4v) is 4.24. The van der Waals surface area contributed by atoms with Crippen molar-refractivity contribution in [2.45, 2.75) is 46.8 Å². The fourth-order valence-electron chi connectivity index (χ4n) is 4.24. The van der Waals surface area contributed by atoms with Gasteiger partial charge in [0, 0.05) is 25.3 Å². The normalized spacial score (nSPS) is 12.5. The van der Waals surface area contributed by atoms with Crippen molar-refractivity contribution in [3.05, 3.63) is 95.6 Å². The molecule has 4 aromatic carbocycles. The van der Waals surface area contributed by atoms with Gasteiger partial charge in [-0.15, -0.1) is 0 Å². The molecule has 0 saturated heterocycles. The Bertz CT molecular complexity index is 1300. The quantitative estimate of drug-likeness (QED) is 0.238. The molecule has 0 spiro atoms. The van der Waals surface area contributed by atoms with Crippen molar-refractivity contribution in [2.75, 3.05) is 14.2 Å². The van der Waals surface area contributed by atoms with Crippen LogP contribution in [0.3, 0.4) is 0 Å². The van der Waals surface area contributed by atoms with Crippen LogP contribution in [-0.2, 0) is 22.7 Å². The third-order valence-electron chi connectivity index (χ3n) is 6.70. The summed E-state index contributed by atoms with van der Waals surface area (Å²) in [6, 6.07) is 26.6. The molecule has 4 aromatic rings. The van der Waals surface area contributed by atoms with E-state index in [0.717, 1.165) is 28.0 Å². The summed E-state index contributed by atoms with van der Waals surface area (Å²) in [6.07, 6.45) is 0. The minimum Gasteiger partial charge on any atom is -0.453 e. The van der Waals surface area contributed by atoms with Crippen molar-refractivity contribution < 1.29 is 18.9 Å². The Morgan fingerprint density at radius 3 is 1.86 bits per heavy atom. The average Bonchev–Trinajstić information content (AvgIpc) is 2.86. The first-order chi connectivity index (χ1) is 17.3. The highest BCUT2D eigenvalue weighted by Crippen LogP contribution is 2.39. The van der Waals surface area contributed by atoms with Crippen LogP contribution in [0.5, 0.6) is 23.0 Å². The van der Waals surface area contributed by atoms with Crippen LogP contribution in [0.4, 0.5) is 0 Å². The second kappa shape index (κ2) is 11.2. The molecule has 4 rings (SSSR count). The van der Waals surface area contributed by atoms with E-state index < -0.39 is 0 Å². The van der Waals surface area contributed by atoms with Gasteiger partial charge in [0.05, 0.1) is 13.2 Å². The minimum absolute atomic E-state index is 0.214. The van der Waals surface area contributed by atoms with Crippen molar-refractivity contribution in [3.8, 4) is 23.0 Å². The summed E-state index contributed by atoms with van der Waals surface area (Å²) in [6.45, 7) is 10.0. The smallest absolute Gasteiger partial charge is 0.169 e. The van der Waals surface area contributed by atoms with Gasteiger partial charge in [-0.2, -0.15) is 0 Å². The lowest BCUT2D eigenvalue weighted by Crippen LogP contribution is -2.15. The van der Waals surface area contributed by atoms with E-state index in [1.807, 2.05) is 48.5 Å². The Morgan fingerprint density at radius 1 is 0.667 bits per heavy atom. The summed E-state index contributed by atoms with van der Waals surface area (Å²) >= 11 is 0. The molecule has 0 saturated carbocycles. The van der Waals surface area contributed by atoms with Gasteiger partial charge in [-0.3, -0.25) is 0 Å². The molecule has 0 fully saturated rings. The Balaban J connectivity index is 1.62. The third-order valence-corrected chi connectivity index (χ3v) is 6.70. The summed E-state index contributed by atoms with van der Waals surface area (Å²) < 4.78 is 23.6. The van der Waals surface area contributed by atoms with Gasteiger partial charge in [0.25, 0.3) is 0 Å². The van der Waals surface area contributed by atoms with Crippen LogP contribution < -0.4 is 9.47 Å². The zero-order valence-electron chi connectivity index (χ0n) is 22.1. The first kappa shape index (κ1) is 25.7. The van der Waals surface area contributed by atoms with Gasteiger partial charge in [0.2, 0.25) is 0 Å². The van der Waals surface area contributed by atoms with Crippen LogP contribution in [0.1, 0.15) is 50.3 Å². The Kier molecular flexibility index (Phi) is 7.97. The summed E-state index contributed by atoms with van der Waals surface area (Å²) in [4.78, 5) is 0. The molecule has 0 aromatic heterocycles. The Labute approximate surface area is 214 Å². The number of ether oxygens (including phenoxy) is 4. The van der Waals surface area contributed by atoms with Crippen LogP contribution in [0.15, 0.2) is 78.9 Å². The van der Waals surface area contributed by atoms with Gasteiger partial charge in [0.1, 0.15) is 11.5 Å². The monoisotopic (exact) mass is 484 g/mol. The maximum atomic E-state index is 6.43. The van der Waals surface area contributed by atoms with E-state index in [-0.39, 0.29) is 5.41 Å². The summed E-state index contributed by atoms with van der Waals surface area (Å²) in [5.41, 5.74) is 3.47. The van der Waals surface area contributed by atoms with Crippen LogP contribution in [0, 0.1) is 5.41 Å². The average molecular weight is 485 g/mol. The van der Waals surface area contributed by atoms with Crippen molar-refractivity contribution in [1.29, 1.82) is 0 Å². The topological polar surface area (TPSA) is 36.9 Å². The van der Waals surface area contributed by atoms with Crippen molar-refractivity contribution in [3.63, 3.8) is 0 Å². The van der Waals surface area contributed by atoms with E-state index >= 15 is 0 Å². The predicted octanol–water partition coefficient (Wildman–Crippen LogP) is 8.87. The van der Waals surface area contributed by atoms with Crippen LogP contribution in [0.2, 0.25) is 0 Å². The molecule has 0 N–H and O–H groups in total. The zero-order chi connectivity index (χ0) is 25.7. The molecule has 188 valence electrons. The van der Waals surface area contributed by atoms with Gasteiger partial charge in [-0.25, -0.2) is 0 Å². The molecule has 4 nitrogen and oxygen atoms in total. The van der Waals surface area contributed by atoms with E-state index in [2.05, 4.69) is 58.0 Å². The number of hydrogen-bond donors (Lipinski definition) is 0. The SMILES string of the molecule is COCc1cccc(COC)c1Oc1ccccc1Oc1ccc2cc(C(C)C(C)(C)C)ccc2c1. The molecule has 0 aliphatic heterocycles. The maximum absolute atomic E-state index is 6.43. The van der Waals surface area contributed by atoms with E-state index in [0.29, 0.717) is 30.6 Å². The molecule has 4 heteroatoms. The lowest BCUT2D eigenvalue weighted by atomic mass is 9.77. The number of methoxy groups -OCH3 is 2. The van der Waals surface area contributed by atoms with Gasteiger partial charge >= 0.3 is 0 Å². The Morgan fingerprint density at radius 2 is 1.25 bits per heavy atom. The highest BCUT2D eigenvalue weighted by Gasteiger charge is 2.22. The van der Waals surface area contributed by atoms with E-state index in [9.17, 15) is 0 Å². The molecule has 0 bridgehead atoms. The van der Waals surface area contributed by atoms with Gasteiger partial charge < -0.3 is 18.9 Å². The summed E-state index contributed by atoms with van der Waals surface area (Å²) in [5, 5.41) is 2.35. The summed E-state index contributed by atoms with van der Waals surface area (Å²) in [7, 11) is 3.35. The molecule has 0 heterocycles. The molecule has 36 heavy (non-hydrogen) atoms. The minimum atomic E-state index is 0.214. The van der Waals surface area contributed by atoms with Gasteiger partial charge in [-0.1, -0.05) is 82.3 Å². The second-order valence-electron chi connectivity index (χ2n) is 10.3. The van der Waals surface area contributed by atoms with E-state index in [4.69, 9.17) is 18.9 Å². The second-order valence-corrected chi connectivity index (χ2v) is 10.3. The molecular formula is C32H36O4. The fraction of sp³-hybridized carbons (Fsp3) is 0.312. The van der Waals surface area contributed by atoms with E-state index in [1.54, 1.807) is 14.2 Å². The number of benzene rings is 4. The van der Waals surface area contributed by atoms with Crippen LogP contribution >= 0.6 is 0 Å². The predicted molar refractivity (Wildman–Crippen MR) is 146 cm³/mol. The molecule has 0 aliphatic carbocycles. The lowest BCUT2D eigenvalue weighted by molar-refractivity contribution is 0.175. The standard InChI is InChI=1S/C32H36O4/c1-22(32(2,3)4)23-14-15-25-19-28(17-16-24(25)18-23)35-29-12-7-8-13-30(29)36-31-26(20-33-5)10-9-11-27(31)21-34-6/h7-19,22H,20-21H2,1-6H3. The van der Waals surface area contributed by atoms with Crippen LogP contribution in [-0.4, -0.2) is 14.2 Å². The summed E-state index contributed by atoms with van der Waals surface area (Å²) in [5.74, 6) is 3.23. The van der Waals surface area contributed by atoms with Crippen LogP contribution in [0.25, 0.3) is 10.8 Å². The van der Waals surface area contributed by atoms with Gasteiger partial charge in [0.15, 0.2) is 11.5 Å². The first-order valence-corrected chi connectivity index (χ1v) is 12.4. The van der Waals surface area contributed by atoms with E-state index in [1.165, 1.54) is 10.9 Å². The van der Waals surface area contributed by atoms with Gasteiger partial charge in [-0.05, 0) is 51.9 Å². The highest BCUT2D eigenvalue weighted by molar-refractivity contribution is 5.84. The molecule has 1 unspecified atom stereocenters. The molecule has 0 radical (unpaired) electrons. The van der Waals surface area contributed by atoms with Crippen molar-refractivity contribution in [1.82, 2.24) is 0 Å². The highest BCUT2D eigenvalue weighted by atomic mass is 16.5. The molecular weight excluding hydrogens is 448 g/mol. The van der Waals surface area contributed by atoms with Crippen molar-refractivity contribution >= 4 is 10.8 Å². The number of rotatable bonds is 9. The molecule has 0 aliphatic rings. The number of para-hydroxylation sites is 3. The first-order valence-electron chi connectivity index (χ1n) is 12.4.